The van der Waals surface area contributed by atoms with Crippen LogP contribution in [-0.4, -0.2) is 84.3 Å². The highest BCUT2D eigenvalue weighted by Crippen LogP contribution is 2.25. The van der Waals surface area contributed by atoms with Crippen molar-refractivity contribution in [3.63, 3.8) is 0 Å². The zero-order valence-corrected chi connectivity index (χ0v) is 21.4. The van der Waals surface area contributed by atoms with E-state index in [0.29, 0.717) is 5.57 Å². The van der Waals surface area contributed by atoms with Crippen LogP contribution in [0.2, 0.25) is 0 Å². The van der Waals surface area contributed by atoms with Gasteiger partial charge in [0, 0.05) is 25.7 Å². The van der Waals surface area contributed by atoms with Gasteiger partial charge in [-0.3, -0.25) is 19.3 Å². The first-order chi connectivity index (χ1) is 14.8. The van der Waals surface area contributed by atoms with Crippen LogP contribution in [0.5, 0.6) is 0 Å². The van der Waals surface area contributed by atoms with Gasteiger partial charge in [0.1, 0.15) is 6.04 Å². The van der Waals surface area contributed by atoms with Gasteiger partial charge in [0.05, 0.1) is 12.1 Å². The third kappa shape index (κ3) is 6.33. The van der Waals surface area contributed by atoms with Crippen LogP contribution in [0, 0.1) is 11.3 Å². The Bertz CT molecular complexity index is 721. The van der Waals surface area contributed by atoms with E-state index in [1.807, 2.05) is 59.6 Å². The van der Waals surface area contributed by atoms with Crippen molar-refractivity contribution in [1.82, 2.24) is 20.0 Å². The molecule has 3 amide bonds. The first-order valence-electron chi connectivity index (χ1n) is 12.1. The van der Waals surface area contributed by atoms with E-state index in [1.165, 1.54) is 0 Å². The van der Waals surface area contributed by atoms with E-state index in [4.69, 9.17) is 0 Å². The van der Waals surface area contributed by atoms with Gasteiger partial charge in [-0.05, 0) is 51.1 Å². The topological polar surface area (TPSA) is 73.0 Å². The fourth-order valence-corrected chi connectivity index (χ4v) is 4.49. The van der Waals surface area contributed by atoms with Crippen LogP contribution in [0.25, 0.3) is 0 Å². The number of hydrogen-bond donors (Lipinski definition) is 1. The van der Waals surface area contributed by atoms with Gasteiger partial charge in [-0.25, -0.2) is 0 Å². The van der Waals surface area contributed by atoms with Crippen LogP contribution < -0.4 is 5.32 Å². The average Bonchev–Trinajstić information content (AvgIpc) is 2.66. The first kappa shape index (κ1) is 26.4. The number of hydrogen-bond acceptors (Lipinski definition) is 4. The largest absolute Gasteiger partial charge is 0.342 e. The molecule has 7 heteroatoms. The molecule has 0 aromatic carbocycles. The number of rotatable bonds is 7. The van der Waals surface area contributed by atoms with Gasteiger partial charge in [-0.2, -0.15) is 0 Å². The van der Waals surface area contributed by atoms with E-state index >= 15 is 0 Å². The molecule has 0 radical (unpaired) electrons. The van der Waals surface area contributed by atoms with Crippen LogP contribution in [0.3, 0.4) is 0 Å². The molecule has 2 rings (SSSR count). The Morgan fingerprint density at radius 3 is 2.16 bits per heavy atom. The summed E-state index contributed by atoms with van der Waals surface area (Å²) in [5.41, 5.74) is 0.227. The third-order valence-corrected chi connectivity index (χ3v) is 6.85. The second kappa shape index (κ2) is 10.8. The van der Waals surface area contributed by atoms with Crippen molar-refractivity contribution in [1.29, 1.82) is 0 Å². The number of nitrogens with zero attached hydrogens (tertiary/aromatic N) is 3. The van der Waals surface area contributed by atoms with Gasteiger partial charge in [0.25, 0.3) is 0 Å². The Morgan fingerprint density at radius 2 is 1.69 bits per heavy atom. The van der Waals surface area contributed by atoms with E-state index in [1.54, 1.807) is 11.9 Å². The molecular weight excluding hydrogens is 404 g/mol. The second-order valence-electron chi connectivity index (χ2n) is 11.0. The highest BCUT2D eigenvalue weighted by molar-refractivity contribution is 5.94. The molecule has 7 nitrogen and oxygen atoms in total. The molecule has 2 aliphatic rings. The van der Waals surface area contributed by atoms with E-state index < -0.39 is 11.5 Å². The molecule has 2 fully saturated rings. The van der Waals surface area contributed by atoms with E-state index in [2.05, 4.69) is 10.2 Å². The Balaban J connectivity index is 2.20. The summed E-state index contributed by atoms with van der Waals surface area (Å²) in [6.45, 7) is 14.4. The normalized spacial score (nSPS) is 22.2. The maximum absolute atomic E-state index is 13.7. The summed E-state index contributed by atoms with van der Waals surface area (Å²) < 4.78 is 0. The molecule has 0 aromatic heterocycles. The molecule has 1 N–H and O–H groups in total. The van der Waals surface area contributed by atoms with Crippen LogP contribution in [-0.2, 0) is 14.4 Å². The van der Waals surface area contributed by atoms with Gasteiger partial charge in [-0.15, -0.1) is 0 Å². The first-order valence-corrected chi connectivity index (χ1v) is 12.1. The number of likely N-dealkylation sites (N-methyl/N-ethyl adjacent to an activating group) is 2. The Kier molecular flexibility index (Phi) is 8.91. The van der Waals surface area contributed by atoms with Crippen molar-refractivity contribution in [2.24, 2.45) is 11.3 Å². The quantitative estimate of drug-likeness (QED) is 0.608. The zero-order chi connectivity index (χ0) is 24.2. The van der Waals surface area contributed by atoms with Crippen molar-refractivity contribution >= 4 is 17.7 Å². The van der Waals surface area contributed by atoms with Gasteiger partial charge in [0.2, 0.25) is 17.7 Å². The smallest absolute Gasteiger partial charge is 0.249 e. The van der Waals surface area contributed by atoms with Crippen LogP contribution >= 0.6 is 0 Å². The fraction of sp³-hybridized carbons (Fsp3) is 0.800. The molecule has 3 atom stereocenters. The predicted molar refractivity (Wildman–Crippen MR) is 128 cm³/mol. The Labute approximate surface area is 194 Å². The molecule has 0 spiro atoms. The Hall–Kier alpha value is -1.89. The van der Waals surface area contributed by atoms with Crippen LogP contribution in [0.15, 0.2) is 11.6 Å². The van der Waals surface area contributed by atoms with Crippen LogP contribution in [0.1, 0.15) is 67.2 Å². The lowest BCUT2D eigenvalue weighted by Crippen LogP contribution is -2.59. The minimum absolute atomic E-state index is 0.0451. The Morgan fingerprint density at radius 1 is 1.06 bits per heavy atom. The molecule has 0 aromatic rings. The van der Waals surface area contributed by atoms with Crippen molar-refractivity contribution in [2.45, 2.75) is 85.4 Å². The fourth-order valence-electron chi connectivity index (χ4n) is 4.49. The second-order valence-corrected chi connectivity index (χ2v) is 11.0. The molecule has 1 unspecified atom stereocenters. The highest BCUT2D eigenvalue weighted by atomic mass is 16.2. The summed E-state index contributed by atoms with van der Waals surface area (Å²) in [7, 11) is 3.75. The predicted octanol–water partition coefficient (Wildman–Crippen LogP) is 2.66. The van der Waals surface area contributed by atoms with Crippen molar-refractivity contribution in [2.75, 3.05) is 33.7 Å². The lowest BCUT2D eigenvalue weighted by Gasteiger charge is -2.39. The summed E-state index contributed by atoms with van der Waals surface area (Å²) in [6.07, 6.45) is 5.91. The van der Waals surface area contributed by atoms with Crippen molar-refractivity contribution in [3.05, 3.63) is 11.6 Å². The molecular formula is C25H44N4O3. The maximum atomic E-state index is 13.7. The van der Waals surface area contributed by atoms with Gasteiger partial charge in [-0.1, -0.05) is 47.1 Å². The lowest BCUT2D eigenvalue weighted by atomic mass is 9.84. The minimum Gasteiger partial charge on any atom is -0.342 e. The lowest BCUT2D eigenvalue weighted by molar-refractivity contribution is -0.141. The average molecular weight is 449 g/mol. The van der Waals surface area contributed by atoms with Gasteiger partial charge in [0.15, 0.2) is 0 Å². The van der Waals surface area contributed by atoms with E-state index in [9.17, 15) is 14.4 Å². The summed E-state index contributed by atoms with van der Waals surface area (Å²) in [5, 5.41) is 3.08. The summed E-state index contributed by atoms with van der Waals surface area (Å²) in [5.74, 6) is -0.0224. The molecule has 2 heterocycles. The van der Waals surface area contributed by atoms with E-state index in [0.717, 1.165) is 45.3 Å². The number of nitrogens with one attached hydrogen (secondary N) is 1. The summed E-state index contributed by atoms with van der Waals surface area (Å²) in [4.78, 5) is 45.0. The molecule has 2 saturated heterocycles. The number of carbonyl (C=O) groups excluding carboxylic acids is 3. The van der Waals surface area contributed by atoms with Crippen molar-refractivity contribution in [3.8, 4) is 0 Å². The standard InChI is InChI=1S/C25H44N4O3/c1-17(2)20(16-18(3)23(31)29-14-11-15-29)28(8)24(32)21(25(4,5)6)26-22(30)19-12-9-10-13-27(19)7/h16-17,19-21H,9-15H2,1-8H3,(H,26,30)/t19?,20-,21-/m1/s1. The molecule has 0 aliphatic carbocycles. The minimum atomic E-state index is -0.642. The van der Waals surface area contributed by atoms with Gasteiger partial charge >= 0.3 is 0 Å². The summed E-state index contributed by atoms with van der Waals surface area (Å²) in [6, 6.07) is -1.06. The third-order valence-electron chi connectivity index (χ3n) is 6.85. The van der Waals surface area contributed by atoms with Gasteiger partial charge < -0.3 is 15.1 Å². The molecule has 0 saturated carbocycles. The molecule has 182 valence electrons. The number of carbonyl (C=O) groups is 3. The van der Waals surface area contributed by atoms with E-state index in [-0.39, 0.29) is 35.7 Å². The molecule has 2 aliphatic heterocycles. The molecule has 32 heavy (non-hydrogen) atoms. The number of piperidine rings is 1. The SMILES string of the molecule is CC(=C[C@H](C(C)C)N(C)C(=O)[C@@H](NC(=O)C1CCCCN1C)C(C)(C)C)C(=O)N1CCC1. The summed E-state index contributed by atoms with van der Waals surface area (Å²) >= 11 is 0. The maximum Gasteiger partial charge on any atom is 0.249 e. The number of likely N-dealkylation sites (tertiary alicyclic amines) is 2. The molecule has 0 bridgehead atoms. The van der Waals surface area contributed by atoms with Crippen molar-refractivity contribution < 1.29 is 14.4 Å². The monoisotopic (exact) mass is 448 g/mol. The van der Waals surface area contributed by atoms with Crippen LogP contribution in [0.4, 0.5) is 0 Å². The zero-order valence-electron chi connectivity index (χ0n) is 21.4. The number of amides is 3. The highest BCUT2D eigenvalue weighted by Gasteiger charge is 2.39.